The Balaban J connectivity index is 2.39. The molecule has 1 heterocycles. The fourth-order valence-electron chi connectivity index (χ4n) is 1.43. The van der Waals surface area contributed by atoms with Crippen molar-refractivity contribution in [3.8, 4) is 0 Å². The van der Waals surface area contributed by atoms with Crippen LogP contribution >= 0.6 is 0 Å². The molecule has 1 saturated heterocycles. The number of likely N-dealkylation sites (tertiary alicyclic amines) is 1. The summed E-state index contributed by atoms with van der Waals surface area (Å²) < 4.78 is 0. The molecule has 0 aromatic heterocycles. The lowest BCUT2D eigenvalue weighted by Crippen LogP contribution is -2.41. The smallest absolute Gasteiger partial charge is 0.226 e. The van der Waals surface area contributed by atoms with Crippen LogP contribution in [0.4, 0.5) is 0 Å². The van der Waals surface area contributed by atoms with Crippen LogP contribution in [-0.4, -0.2) is 35.1 Å². The Labute approximate surface area is 72.7 Å². The van der Waals surface area contributed by atoms with Crippen LogP contribution in [0.3, 0.4) is 0 Å². The highest BCUT2D eigenvalue weighted by molar-refractivity contribution is 5.77. The third-order valence-electron chi connectivity index (χ3n) is 2.07. The molecule has 1 amide bonds. The van der Waals surface area contributed by atoms with Gasteiger partial charge >= 0.3 is 0 Å². The molecule has 0 spiro atoms. The van der Waals surface area contributed by atoms with Gasteiger partial charge in [0, 0.05) is 19.5 Å². The zero-order valence-corrected chi connectivity index (χ0v) is 7.20. The second-order valence-corrected chi connectivity index (χ2v) is 3.13. The van der Waals surface area contributed by atoms with Gasteiger partial charge < -0.3 is 10.0 Å². The van der Waals surface area contributed by atoms with Gasteiger partial charge in [0.2, 0.25) is 5.91 Å². The molecule has 3 heteroatoms. The Hall–Kier alpha value is -0.830. The molecule has 12 heavy (non-hydrogen) atoms. The highest BCUT2D eigenvalue weighted by Gasteiger charge is 2.20. The Kier molecular flexibility index (Phi) is 3.29. The maximum absolute atomic E-state index is 11.3. The fourth-order valence-corrected chi connectivity index (χ4v) is 1.43. The van der Waals surface area contributed by atoms with E-state index in [1.807, 2.05) is 0 Å². The Morgan fingerprint density at radius 1 is 1.75 bits per heavy atom. The number of carbonyl (C=O) groups is 1. The van der Waals surface area contributed by atoms with Crippen molar-refractivity contribution >= 4 is 5.91 Å². The summed E-state index contributed by atoms with van der Waals surface area (Å²) in [7, 11) is 0. The number of carbonyl (C=O) groups excluding carboxylic acids is 1. The Bertz CT molecular complexity index is 179. The second-order valence-electron chi connectivity index (χ2n) is 3.13. The first-order valence-electron chi connectivity index (χ1n) is 4.30. The van der Waals surface area contributed by atoms with Crippen molar-refractivity contribution in [3.05, 3.63) is 12.7 Å². The molecule has 0 aromatic rings. The van der Waals surface area contributed by atoms with E-state index in [0.717, 1.165) is 19.4 Å². The lowest BCUT2D eigenvalue weighted by Gasteiger charge is -2.29. The van der Waals surface area contributed by atoms with Gasteiger partial charge in [-0.05, 0) is 12.8 Å². The van der Waals surface area contributed by atoms with Crippen molar-refractivity contribution in [3.63, 3.8) is 0 Å². The number of hydrogen-bond donors (Lipinski definition) is 1. The first-order chi connectivity index (χ1) is 5.74. The van der Waals surface area contributed by atoms with Crippen molar-refractivity contribution in [2.45, 2.75) is 25.4 Å². The van der Waals surface area contributed by atoms with Crippen LogP contribution in [0.15, 0.2) is 12.7 Å². The molecule has 1 N–H and O–H groups in total. The monoisotopic (exact) mass is 169 g/mol. The summed E-state index contributed by atoms with van der Waals surface area (Å²) in [5.41, 5.74) is 0. The summed E-state index contributed by atoms with van der Waals surface area (Å²) in [6.45, 7) is 4.78. The molecule has 3 nitrogen and oxygen atoms in total. The van der Waals surface area contributed by atoms with E-state index in [0.29, 0.717) is 13.0 Å². The quantitative estimate of drug-likeness (QED) is 0.613. The summed E-state index contributed by atoms with van der Waals surface area (Å²) in [5.74, 6) is 0.0729. The normalized spacial score (nSPS) is 23.8. The number of aliphatic hydroxyl groups is 1. The summed E-state index contributed by atoms with van der Waals surface area (Å²) in [6.07, 6.45) is 3.38. The van der Waals surface area contributed by atoms with Gasteiger partial charge in [-0.2, -0.15) is 0 Å². The molecule has 1 atom stereocenters. The van der Waals surface area contributed by atoms with Gasteiger partial charge in [0.1, 0.15) is 0 Å². The predicted octanol–water partition coefficient (Wildman–Crippen LogP) is 0.546. The summed E-state index contributed by atoms with van der Waals surface area (Å²) >= 11 is 0. The minimum absolute atomic E-state index is 0.0729. The number of amides is 1. The fraction of sp³-hybridized carbons (Fsp3) is 0.667. The average Bonchev–Trinajstić information content (AvgIpc) is 2.05. The van der Waals surface area contributed by atoms with Crippen molar-refractivity contribution in [2.24, 2.45) is 0 Å². The summed E-state index contributed by atoms with van der Waals surface area (Å²) in [6, 6.07) is 0. The Morgan fingerprint density at radius 2 is 2.50 bits per heavy atom. The van der Waals surface area contributed by atoms with E-state index in [4.69, 9.17) is 0 Å². The van der Waals surface area contributed by atoms with Crippen LogP contribution in [0.1, 0.15) is 19.3 Å². The predicted molar refractivity (Wildman–Crippen MR) is 46.6 cm³/mol. The molecular formula is C9H15NO2. The van der Waals surface area contributed by atoms with Gasteiger partial charge in [-0.3, -0.25) is 4.79 Å². The zero-order valence-electron chi connectivity index (χ0n) is 7.20. The molecule has 0 saturated carbocycles. The van der Waals surface area contributed by atoms with Crippen LogP contribution < -0.4 is 0 Å². The first kappa shape index (κ1) is 9.26. The SMILES string of the molecule is C=CCC(=O)N1CCCC(O)C1. The van der Waals surface area contributed by atoms with E-state index in [9.17, 15) is 9.90 Å². The van der Waals surface area contributed by atoms with Crippen LogP contribution in [0, 0.1) is 0 Å². The molecule has 0 bridgehead atoms. The highest BCUT2D eigenvalue weighted by Crippen LogP contribution is 2.10. The molecule has 0 radical (unpaired) electrons. The lowest BCUT2D eigenvalue weighted by molar-refractivity contribution is -0.133. The van der Waals surface area contributed by atoms with Crippen molar-refractivity contribution < 1.29 is 9.90 Å². The van der Waals surface area contributed by atoms with Crippen molar-refractivity contribution in [1.82, 2.24) is 4.90 Å². The molecule has 1 aliphatic heterocycles. The minimum Gasteiger partial charge on any atom is -0.391 e. The molecule has 1 unspecified atom stereocenters. The number of nitrogens with zero attached hydrogens (tertiary/aromatic N) is 1. The topological polar surface area (TPSA) is 40.5 Å². The third kappa shape index (κ3) is 2.34. The maximum atomic E-state index is 11.3. The van der Waals surface area contributed by atoms with Gasteiger partial charge in [-0.1, -0.05) is 6.08 Å². The Morgan fingerprint density at radius 3 is 3.08 bits per heavy atom. The van der Waals surface area contributed by atoms with E-state index in [-0.39, 0.29) is 12.0 Å². The number of hydrogen-bond acceptors (Lipinski definition) is 2. The van der Waals surface area contributed by atoms with Crippen LogP contribution in [0.2, 0.25) is 0 Å². The van der Waals surface area contributed by atoms with E-state index in [1.54, 1.807) is 11.0 Å². The van der Waals surface area contributed by atoms with E-state index >= 15 is 0 Å². The van der Waals surface area contributed by atoms with Gasteiger partial charge in [-0.15, -0.1) is 6.58 Å². The number of piperidine rings is 1. The molecule has 0 aromatic carbocycles. The number of aliphatic hydroxyl groups excluding tert-OH is 1. The summed E-state index contributed by atoms with van der Waals surface area (Å²) in [5, 5.41) is 9.28. The van der Waals surface area contributed by atoms with Gasteiger partial charge in [-0.25, -0.2) is 0 Å². The molecule has 0 aliphatic carbocycles. The van der Waals surface area contributed by atoms with Crippen LogP contribution in [-0.2, 0) is 4.79 Å². The standard InChI is InChI=1S/C9H15NO2/c1-2-4-9(12)10-6-3-5-8(11)7-10/h2,8,11H,1,3-7H2. The van der Waals surface area contributed by atoms with E-state index < -0.39 is 0 Å². The van der Waals surface area contributed by atoms with Crippen LogP contribution in [0.25, 0.3) is 0 Å². The second kappa shape index (κ2) is 4.26. The molecule has 1 aliphatic rings. The average molecular weight is 169 g/mol. The van der Waals surface area contributed by atoms with Gasteiger partial charge in [0.05, 0.1) is 6.10 Å². The first-order valence-corrected chi connectivity index (χ1v) is 4.30. The highest BCUT2D eigenvalue weighted by atomic mass is 16.3. The molecule has 1 rings (SSSR count). The zero-order chi connectivity index (χ0) is 8.97. The van der Waals surface area contributed by atoms with E-state index in [2.05, 4.69) is 6.58 Å². The summed E-state index contributed by atoms with van der Waals surface area (Å²) in [4.78, 5) is 13.0. The van der Waals surface area contributed by atoms with Gasteiger partial charge in [0.15, 0.2) is 0 Å². The van der Waals surface area contributed by atoms with Crippen LogP contribution in [0.5, 0.6) is 0 Å². The number of rotatable bonds is 2. The third-order valence-corrected chi connectivity index (χ3v) is 2.07. The maximum Gasteiger partial charge on any atom is 0.226 e. The minimum atomic E-state index is -0.326. The van der Waals surface area contributed by atoms with E-state index in [1.165, 1.54) is 0 Å². The molecular weight excluding hydrogens is 154 g/mol. The molecule has 1 fully saturated rings. The number of β-amino-alcohol motifs (C(OH)–C–C–N with tert-alkyl or cyclic N) is 1. The largest absolute Gasteiger partial charge is 0.391 e. The molecule has 68 valence electrons. The van der Waals surface area contributed by atoms with Crippen molar-refractivity contribution in [2.75, 3.05) is 13.1 Å². The van der Waals surface area contributed by atoms with Crippen molar-refractivity contribution in [1.29, 1.82) is 0 Å². The van der Waals surface area contributed by atoms with Gasteiger partial charge in [0.25, 0.3) is 0 Å². The lowest BCUT2D eigenvalue weighted by atomic mass is 10.1.